The average Bonchev–Trinajstić information content (AvgIpc) is 3.01. The van der Waals surface area contributed by atoms with Gasteiger partial charge >= 0.3 is 5.97 Å². The van der Waals surface area contributed by atoms with Crippen molar-refractivity contribution in [2.75, 3.05) is 6.54 Å². The molecule has 5 nitrogen and oxygen atoms in total. The average molecular weight is 309 g/mol. The molecule has 6 heteroatoms. The van der Waals surface area contributed by atoms with E-state index in [0.717, 1.165) is 24.8 Å². The third-order valence-electron chi connectivity index (χ3n) is 4.46. The van der Waals surface area contributed by atoms with Gasteiger partial charge < -0.3 is 15.1 Å². The highest BCUT2D eigenvalue weighted by Gasteiger charge is 2.40. The van der Waals surface area contributed by atoms with Crippen molar-refractivity contribution in [3.8, 4) is 0 Å². The van der Waals surface area contributed by atoms with Crippen LogP contribution in [-0.4, -0.2) is 45.7 Å². The quantitative estimate of drug-likeness (QED) is 0.868. The molecule has 3 rings (SSSR count). The number of hydrogen-bond donors (Lipinski definition) is 2. The lowest BCUT2D eigenvalue weighted by Gasteiger charge is -2.23. The second-order valence-corrected chi connectivity index (χ2v) is 7.06. The lowest BCUT2D eigenvalue weighted by molar-refractivity contribution is -0.141. The van der Waals surface area contributed by atoms with Gasteiger partial charge in [-0.15, -0.1) is 11.3 Å². The summed E-state index contributed by atoms with van der Waals surface area (Å²) in [6.45, 7) is 2.32. The number of carbonyl (C=O) groups excluding carboxylic acids is 1. The van der Waals surface area contributed by atoms with E-state index in [1.165, 1.54) is 9.78 Å². The molecular weight excluding hydrogens is 290 g/mol. The zero-order chi connectivity index (χ0) is 15.1. The first-order chi connectivity index (χ1) is 9.97. The summed E-state index contributed by atoms with van der Waals surface area (Å²) in [4.78, 5) is 26.5. The number of thiophene rings is 1. The van der Waals surface area contributed by atoms with Crippen LogP contribution in [0, 0.1) is 5.92 Å². The second-order valence-electron chi connectivity index (χ2n) is 6.10. The highest BCUT2D eigenvalue weighted by Crippen LogP contribution is 2.34. The van der Waals surface area contributed by atoms with Crippen molar-refractivity contribution in [2.24, 2.45) is 5.92 Å². The van der Waals surface area contributed by atoms with Crippen molar-refractivity contribution < 1.29 is 19.8 Å². The number of aliphatic hydroxyl groups excluding tert-OH is 1. The van der Waals surface area contributed by atoms with E-state index >= 15 is 0 Å². The number of nitrogens with zero attached hydrogens (tertiary/aromatic N) is 1. The third kappa shape index (κ3) is 2.58. The number of β-amino-alcohol motifs (C(OH)–C–C–N with tert-alkyl or cyclic N) is 1. The van der Waals surface area contributed by atoms with Crippen LogP contribution in [0.25, 0.3) is 0 Å². The number of fused-ring (bicyclic) bond motifs is 1. The maximum atomic E-state index is 12.7. The van der Waals surface area contributed by atoms with Gasteiger partial charge in [0.25, 0.3) is 5.91 Å². The Morgan fingerprint density at radius 2 is 2.19 bits per heavy atom. The summed E-state index contributed by atoms with van der Waals surface area (Å²) in [5, 5.41) is 20.8. The minimum atomic E-state index is -1.04. The minimum Gasteiger partial charge on any atom is -0.480 e. The van der Waals surface area contributed by atoms with Crippen molar-refractivity contribution in [3.63, 3.8) is 0 Å². The van der Waals surface area contributed by atoms with Gasteiger partial charge in [-0.2, -0.15) is 0 Å². The van der Waals surface area contributed by atoms with Crippen LogP contribution >= 0.6 is 11.3 Å². The lowest BCUT2D eigenvalue weighted by atomic mass is 9.88. The maximum absolute atomic E-state index is 12.7. The van der Waals surface area contributed by atoms with Crippen LogP contribution in [0.2, 0.25) is 0 Å². The normalized spacial score (nSPS) is 28.5. The van der Waals surface area contributed by atoms with E-state index in [1.54, 1.807) is 11.3 Å². The van der Waals surface area contributed by atoms with Gasteiger partial charge in [0.1, 0.15) is 6.04 Å². The Morgan fingerprint density at radius 3 is 2.90 bits per heavy atom. The number of amides is 1. The van der Waals surface area contributed by atoms with E-state index in [-0.39, 0.29) is 18.9 Å². The van der Waals surface area contributed by atoms with Crippen molar-refractivity contribution in [1.29, 1.82) is 0 Å². The number of carboxylic acids is 1. The fraction of sp³-hybridized carbons (Fsp3) is 0.600. The molecule has 0 radical (unpaired) electrons. The molecule has 0 bridgehead atoms. The van der Waals surface area contributed by atoms with Crippen molar-refractivity contribution in [3.05, 3.63) is 21.4 Å². The molecular formula is C15H19NO4S. The van der Waals surface area contributed by atoms with E-state index < -0.39 is 18.1 Å². The fourth-order valence-corrected chi connectivity index (χ4v) is 4.52. The lowest BCUT2D eigenvalue weighted by Crippen LogP contribution is -2.40. The van der Waals surface area contributed by atoms with Gasteiger partial charge in [0.15, 0.2) is 0 Å². The number of hydrogen-bond acceptors (Lipinski definition) is 4. The monoisotopic (exact) mass is 309 g/mol. The van der Waals surface area contributed by atoms with Gasteiger partial charge in [-0.3, -0.25) is 4.79 Å². The summed E-state index contributed by atoms with van der Waals surface area (Å²) in [6, 6.07) is -0.912. The molecule has 21 heavy (non-hydrogen) atoms. The summed E-state index contributed by atoms with van der Waals surface area (Å²) in [7, 11) is 0. The number of rotatable bonds is 2. The number of aliphatic hydroxyl groups is 1. The number of carboxylic acid groups (broad SMARTS) is 1. The van der Waals surface area contributed by atoms with E-state index in [1.807, 2.05) is 5.38 Å². The third-order valence-corrected chi connectivity index (χ3v) is 5.51. The predicted octanol–water partition coefficient (Wildman–Crippen LogP) is 1.53. The molecule has 1 aliphatic carbocycles. The molecule has 0 aromatic carbocycles. The van der Waals surface area contributed by atoms with Gasteiger partial charge in [0, 0.05) is 23.2 Å². The first-order valence-corrected chi connectivity index (χ1v) is 8.16. The molecule has 1 aromatic heterocycles. The van der Waals surface area contributed by atoms with Crippen molar-refractivity contribution in [2.45, 2.75) is 44.8 Å². The SMILES string of the molecule is CC1CCc2c(C(=O)N3CC(O)C[C@H]3C(=O)O)csc2C1. The Hall–Kier alpha value is -1.40. The molecule has 1 aromatic rings. The molecule has 114 valence electrons. The fourth-order valence-electron chi connectivity index (χ4n) is 3.28. The number of likely N-dealkylation sites (tertiary alicyclic amines) is 1. The smallest absolute Gasteiger partial charge is 0.326 e. The molecule has 1 aliphatic heterocycles. The molecule has 2 unspecified atom stereocenters. The maximum Gasteiger partial charge on any atom is 0.326 e. The van der Waals surface area contributed by atoms with Crippen LogP contribution in [0.3, 0.4) is 0 Å². The van der Waals surface area contributed by atoms with Crippen LogP contribution in [-0.2, 0) is 17.6 Å². The molecule has 2 N–H and O–H groups in total. The predicted molar refractivity (Wildman–Crippen MR) is 78.6 cm³/mol. The Balaban J connectivity index is 1.87. The minimum absolute atomic E-state index is 0.108. The zero-order valence-electron chi connectivity index (χ0n) is 11.9. The van der Waals surface area contributed by atoms with Crippen molar-refractivity contribution >= 4 is 23.2 Å². The Bertz CT molecular complexity index is 582. The van der Waals surface area contributed by atoms with Crippen molar-refractivity contribution in [1.82, 2.24) is 4.90 Å². The Morgan fingerprint density at radius 1 is 1.43 bits per heavy atom. The van der Waals surface area contributed by atoms with Crippen LogP contribution < -0.4 is 0 Å². The molecule has 1 saturated heterocycles. The van der Waals surface area contributed by atoms with E-state index in [9.17, 15) is 19.8 Å². The van der Waals surface area contributed by atoms with Gasteiger partial charge in [0.05, 0.1) is 11.7 Å². The molecule has 1 amide bonds. The molecule has 0 spiro atoms. The largest absolute Gasteiger partial charge is 0.480 e. The van der Waals surface area contributed by atoms with Gasteiger partial charge in [0.2, 0.25) is 0 Å². The standard InChI is InChI=1S/C15H19NO4S/c1-8-2-3-10-11(7-21-13(10)4-8)14(18)16-6-9(17)5-12(16)15(19)20/h7-9,12,17H,2-6H2,1H3,(H,19,20)/t8?,9?,12-/m0/s1. The van der Waals surface area contributed by atoms with E-state index in [2.05, 4.69) is 6.92 Å². The Labute approximate surface area is 127 Å². The van der Waals surface area contributed by atoms with Gasteiger partial charge in [-0.05, 0) is 30.7 Å². The highest BCUT2D eigenvalue weighted by molar-refractivity contribution is 7.10. The summed E-state index contributed by atoms with van der Waals surface area (Å²) in [5.41, 5.74) is 1.73. The summed E-state index contributed by atoms with van der Waals surface area (Å²) < 4.78 is 0. The van der Waals surface area contributed by atoms with E-state index in [0.29, 0.717) is 11.5 Å². The van der Waals surface area contributed by atoms with Crippen LogP contribution in [0.1, 0.15) is 40.6 Å². The number of carbonyl (C=O) groups is 2. The first kappa shape index (κ1) is 14.5. The zero-order valence-corrected chi connectivity index (χ0v) is 12.7. The molecule has 1 fully saturated rings. The highest BCUT2D eigenvalue weighted by atomic mass is 32.1. The van der Waals surface area contributed by atoms with E-state index in [4.69, 9.17) is 0 Å². The topological polar surface area (TPSA) is 77.8 Å². The number of aliphatic carboxylic acids is 1. The van der Waals surface area contributed by atoms with Gasteiger partial charge in [-0.25, -0.2) is 4.79 Å². The summed E-state index contributed by atoms with van der Waals surface area (Å²) >= 11 is 1.60. The molecule has 0 saturated carbocycles. The van der Waals surface area contributed by atoms with Crippen LogP contribution in [0.5, 0.6) is 0 Å². The van der Waals surface area contributed by atoms with Crippen LogP contribution in [0.15, 0.2) is 5.38 Å². The molecule has 2 aliphatic rings. The summed E-state index contributed by atoms with van der Waals surface area (Å²) in [6.07, 6.45) is 2.32. The first-order valence-electron chi connectivity index (χ1n) is 7.28. The second kappa shape index (κ2) is 5.42. The Kier molecular flexibility index (Phi) is 3.75. The molecule has 3 atom stereocenters. The van der Waals surface area contributed by atoms with Gasteiger partial charge in [-0.1, -0.05) is 6.92 Å². The molecule has 2 heterocycles. The summed E-state index contributed by atoms with van der Waals surface area (Å²) in [5.74, 6) is -0.650. The van der Waals surface area contributed by atoms with Crippen LogP contribution in [0.4, 0.5) is 0 Å².